The van der Waals surface area contributed by atoms with Crippen LogP contribution in [0.25, 0.3) is 82.8 Å². The third-order valence-corrected chi connectivity index (χ3v) is 13.4. The van der Waals surface area contributed by atoms with Crippen molar-refractivity contribution in [2.24, 2.45) is 0 Å². The van der Waals surface area contributed by atoms with E-state index in [1.54, 1.807) is 0 Å². The number of aromatic nitrogens is 1. The molecule has 0 atom stereocenters. The van der Waals surface area contributed by atoms with Gasteiger partial charge in [-0.05, 0) is 116 Å². The second-order valence-electron chi connectivity index (χ2n) is 17.3. The van der Waals surface area contributed by atoms with Crippen molar-refractivity contribution in [1.29, 1.82) is 0 Å². The van der Waals surface area contributed by atoms with Crippen LogP contribution < -0.4 is 4.90 Å². The quantitative estimate of drug-likeness (QED) is 0.156. The molecule has 298 valence electrons. The third kappa shape index (κ3) is 6.02. The molecular weight excluding hydrogens is 761 g/mol. The SMILES string of the molecule is CC1(C)c2ccccc2-c2cc3c4c5ccccc5c(N(c5ccc(-c6ccccc6)cc5)c5cccc(-c6ccccc6)c5)cc4n(-c4ccc(-c5ccccc5)cc4)c3cc21. The van der Waals surface area contributed by atoms with Crippen molar-refractivity contribution in [3.8, 4) is 50.2 Å². The van der Waals surface area contributed by atoms with Gasteiger partial charge in [0.05, 0.1) is 16.7 Å². The molecule has 2 nitrogen and oxygen atoms in total. The minimum Gasteiger partial charge on any atom is -0.310 e. The number of anilines is 3. The van der Waals surface area contributed by atoms with E-state index in [0.717, 1.165) is 22.7 Å². The average Bonchev–Trinajstić information content (AvgIpc) is 3.79. The minimum absolute atomic E-state index is 0.141. The van der Waals surface area contributed by atoms with Crippen LogP contribution in [0.15, 0.2) is 231 Å². The maximum Gasteiger partial charge on any atom is 0.0568 e. The van der Waals surface area contributed by atoms with Gasteiger partial charge in [0.25, 0.3) is 0 Å². The summed E-state index contributed by atoms with van der Waals surface area (Å²) in [7, 11) is 0. The zero-order valence-corrected chi connectivity index (χ0v) is 35.3. The molecular formula is C61H44N2. The van der Waals surface area contributed by atoms with E-state index in [1.165, 1.54) is 88.2 Å². The van der Waals surface area contributed by atoms with Crippen molar-refractivity contribution in [3.63, 3.8) is 0 Å². The van der Waals surface area contributed by atoms with Gasteiger partial charge in [-0.25, -0.2) is 0 Å². The molecule has 0 N–H and O–H groups in total. The molecule has 1 heterocycles. The summed E-state index contributed by atoms with van der Waals surface area (Å²) in [6, 6.07) is 84.6. The summed E-state index contributed by atoms with van der Waals surface area (Å²) in [6.07, 6.45) is 0. The zero-order chi connectivity index (χ0) is 42.1. The van der Waals surface area contributed by atoms with E-state index in [-0.39, 0.29) is 5.41 Å². The smallest absolute Gasteiger partial charge is 0.0568 e. The van der Waals surface area contributed by atoms with Crippen LogP contribution in [-0.2, 0) is 5.41 Å². The van der Waals surface area contributed by atoms with Gasteiger partial charge in [-0.1, -0.05) is 190 Å². The van der Waals surface area contributed by atoms with Crippen LogP contribution in [0.3, 0.4) is 0 Å². The summed E-state index contributed by atoms with van der Waals surface area (Å²) in [5, 5.41) is 4.95. The molecule has 10 aromatic carbocycles. The van der Waals surface area contributed by atoms with Gasteiger partial charge in [-0.15, -0.1) is 0 Å². The largest absolute Gasteiger partial charge is 0.310 e. The second kappa shape index (κ2) is 14.6. The first-order valence-electron chi connectivity index (χ1n) is 21.9. The monoisotopic (exact) mass is 804 g/mol. The molecule has 0 bridgehead atoms. The van der Waals surface area contributed by atoms with E-state index in [4.69, 9.17) is 0 Å². The fraction of sp³-hybridized carbons (Fsp3) is 0.0492. The van der Waals surface area contributed by atoms with Crippen molar-refractivity contribution in [1.82, 2.24) is 4.57 Å². The van der Waals surface area contributed by atoms with E-state index >= 15 is 0 Å². The Kier molecular flexibility index (Phi) is 8.55. The fourth-order valence-corrected chi connectivity index (χ4v) is 10.3. The standard InChI is InChI=1S/C61H44N2/c1-61(2)55-28-15-14-25-50(55)53-38-54-57(39-56(53)61)63(48-35-31-45(32-36-48)42-19-8-4-9-20-42)59-40-58(51-26-12-13-27-52(51)60(54)59)62(47-33-29-44(30-34-47)41-17-6-3-7-18-41)49-24-16-23-46(37-49)43-21-10-5-11-22-43/h3-40H,1-2H3. The van der Waals surface area contributed by atoms with Gasteiger partial charge >= 0.3 is 0 Å². The number of benzene rings is 10. The number of fused-ring (bicyclic) bond motifs is 8. The molecule has 11 aromatic rings. The third-order valence-electron chi connectivity index (χ3n) is 13.4. The van der Waals surface area contributed by atoms with Crippen LogP contribution in [-0.4, -0.2) is 4.57 Å². The zero-order valence-electron chi connectivity index (χ0n) is 35.3. The van der Waals surface area contributed by atoms with E-state index < -0.39 is 0 Å². The molecule has 0 fully saturated rings. The van der Waals surface area contributed by atoms with E-state index in [2.05, 4.69) is 254 Å². The summed E-state index contributed by atoms with van der Waals surface area (Å²) in [5.74, 6) is 0. The molecule has 0 unspecified atom stereocenters. The van der Waals surface area contributed by atoms with Gasteiger partial charge < -0.3 is 9.47 Å². The molecule has 1 aliphatic rings. The minimum atomic E-state index is -0.141. The normalized spacial score (nSPS) is 12.7. The maximum atomic E-state index is 2.52. The first-order chi connectivity index (χ1) is 31.0. The Morgan fingerprint density at radius 1 is 0.349 bits per heavy atom. The van der Waals surface area contributed by atoms with Crippen molar-refractivity contribution in [2.45, 2.75) is 19.3 Å². The average molecular weight is 805 g/mol. The van der Waals surface area contributed by atoms with Gasteiger partial charge in [0.2, 0.25) is 0 Å². The molecule has 0 radical (unpaired) electrons. The molecule has 0 amide bonds. The van der Waals surface area contributed by atoms with Crippen molar-refractivity contribution >= 4 is 49.6 Å². The molecule has 1 aromatic heterocycles. The van der Waals surface area contributed by atoms with E-state index in [1.807, 2.05) is 0 Å². The summed E-state index contributed by atoms with van der Waals surface area (Å²) in [6.45, 7) is 4.76. The Bertz CT molecular complexity index is 3490. The molecule has 0 spiro atoms. The lowest BCUT2D eigenvalue weighted by molar-refractivity contribution is 0.661. The lowest BCUT2D eigenvalue weighted by Gasteiger charge is -2.28. The van der Waals surface area contributed by atoms with E-state index in [0.29, 0.717) is 0 Å². The van der Waals surface area contributed by atoms with Crippen LogP contribution in [0.1, 0.15) is 25.0 Å². The lowest BCUT2D eigenvalue weighted by Crippen LogP contribution is -2.15. The van der Waals surface area contributed by atoms with E-state index in [9.17, 15) is 0 Å². The summed E-state index contributed by atoms with van der Waals surface area (Å²) < 4.78 is 2.52. The number of rotatable bonds is 7. The van der Waals surface area contributed by atoms with Crippen LogP contribution >= 0.6 is 0 Å². The number of nitrogens with zero attached hydrogens (tertiary/aromatic N) is 2. The molecule has 63 heavy (non-hydrogen) atoms. The molecule has 0 saturated carbocycles. The van der Waals surface area contributed by atoms with Crippen LogP contribution in [0.4, 0.5) is 17.1 Å². The van der Waals surface area contributed by atoms with Crippen molar-refractivity contribution in [2.75, 3.05) is 4.90 Å². The highest BCUT2D eigenvalue weighted by Crippen LogP contribution is 2.53. The Hall–Kier alpha value is -7.94. The highest BCUT2D eigenvalue weighted by atomic mass is 15.1. The molecule has 2 heteroatoms. The second-order valence-corrected chi connectivity index (χ2v) is 17.3. The highest BCUT2D eigenvalue weighted by molar-refractivity contribution is 6.25. The predicted molar refractivity (Wildman–Crippen MR) is 267 cm³/mol. The molecule has 1 aliphatic carbocycles. The Balaban J connectivity index is 1.16. The van der Waals surface area contributed by atoms with Crippen molar-refractivity contribution < 1.29 is 0 Å². The Labute approximate surface area is 368 Å². The first kappa shape index (κ1) is 36.9. The highest BCUT2D eigenvalue weighted by Gasteiger charge is 2.36. The Morgan fingerprint density at radius 2 is 0.889 bits per heavy atom. The lowest BCUT2D eigenvalue weighted by atomic mass is 9.82. The topological polar surface area (TPSA) is 8.17 Å². The fourth-order valence-electron chi connectivity index (χ4n) is 10.3. The number of hydrogen-bond donors (Lipinski definition) is 0. The molecule has 12 rings (SSSR count). The first-order valence-corrected chi connectivity index (χ1v) is 21.9. The van der Waals surface area contributed by atoms with Gasteiger partial charge in [-0.3, -0.25) is 0 Å². The number of hydrogen-bond acceptors (Lipinski definition) is 1. The van der Waals surface area contributed by atoms with Gasteiger partial charge in [0.1, 0.15) is 0 Å². The summed E-state index contributed by atoms with van der Waals surface area (Å²) in [5.41, 5.74) is 19.3. The van der Waals surface area contributed by atoms with Crippen LogP contribution in [0, 0.1) is 0 Å². The predicted octanol–water partition coefficient (Wildman–Crippen LogP) is 16.7. The Morgan fingerprint density at radius 3 is 1.56 bits per heavy atom. The molecule has 0 saturated heterocycles. The van der Waals surface area contributed by atoms with Crippen LogP contribution in [0.5, 0.6) is 0 Å². The van der Waals surface area contributed by atoms with Gasteiger partial charge in [-0.2, -0.15) is 0 Å². The summed E-state index contributed by atoms with van der Waals surface area (Å²) >= 11 is 0. The molecule has 0 aliphatic heterocycles. The van der Waals surface area contributed by atoms with Gasteiger partial charge in [0.15, 0.2) is 0 Å². The van der Waals surface area contributed by atoms with Gasteiger partial charge in [0, 0.05) is 38.6 Å². The summed E-state index contributed by atoms with van der Waals surface area (Å²) in [4.78, 5) is 2.46. The van der Waals surface area contributed by atoms with Crippen LogP contribution in [0.2, 0.25) is 0 Å². The van der Waals surface area contributed by atoms with Crippen molar-refractivity contribution in [3.05, 3.63) is 242 Å². The maximum absolute atomic E-state index is 2.52.